The first-order valence-electron chi connectivity index (χ1n) is 9.32. The van der Waals surface area contributed by atoms with Crippen LogP contribution in [0.5, 0.6) is 0 Å². The van der Waals surface area contributed by atoms with Crippen molar-refractivity contribution in [2.75, 3.05) is 5.32 Å². The van der Waals surface area contributed by atoms with E-state index >= 15 is 0 Å². The van der Waals surface area contributed by atoms with E-state index in [2.05, 4.69) is 10.3 Å². The van der Waals surface area contributed by atoms with Gasteiger partial charge < -0.3 is 5.32 Å². The van der Waals surface area contributed by atoms with Gasteiger partial charge >= 0.3 is 0 Å². The highest BCUT2D eigenvalue weighted by Gasteiger charge is 2.20. The Bertz CT molecular complexity index is 1340. The van der Waals surface area contributed by atoms with Gasteiger partial charge in [-0.1, -0.05) is 42.1 Å². The first-order valence-corrected chi connectivity index (χ1v) is 11.0. The summed E-state index contributed by atoms with van der Waals surface area (Å²) in [5.74, 6) is -1.91. The summed E-state index contributed by atoms with van der Waals surface area (Å²) in [5, 5.41) is 2.55. The average molecular weight is 458 g/mol. The summed E-state index contributed by atoms with van der Waals surface area (Å²) in [4.78, 5) is 31.4. The fourth-order valence-corrected chi connectivity index (χ4v) is 4.89. The monoisotopic (exact) mass is 457 g/mol. The number of benzene rings is 2. The van der Waals surface area contributed by atoms with Crippen LogP contribution in [0.4, 0.5) is 14.5 Å². The van der Waals surface area contributed by atoms with Crippen LogP contribution in [-0.2, 0) is 11.8 Å². The molecule has 1 unspecified atom stereocenters. The van der Waals surface area contributed by atoms with Crippen molar-refractivity contribution in [2.24, 2.45) is 7.05 Å². The fourth-order valence-electron chi connectivity index (χ4n) is 2.94. The molecule has 1 atom stereocenters. The van der Waals surface area contributed by atoms with E-state index in [4.69, 9.17) is 0 Å². The van der Waals surface area contributed by atoms with Crippen LogP contribution in [0.1, 0.15) is 6.92 Å². The van der Waals surface area contributed by atoms with E-state index in [9.17, 15) is 18.4 Å². The van der Waals surface area contributed by atoms with Gasteiger partial charge in [-0.3, -0.25) is 14.2 Å². The highest BCUT2D eigenvalue weighted by Crippen LogP contribution is 2.32. The fraction of sp³-hybridized carbons (Fsp3) is 0.136. The number of carbonyl (C=O) groups is 1. The maximum absolute atomic E-state index is 13.8. The van der Waals surface area contributed by atoms with Crippen LogP contribution in [0.3, 0.4) is 0 Å². The molecule has 5 nitrogen and oxygen atoms in total. The molecule has 2 aromatic carbocycles. The van der Waals surface area contributed by atoms with Crippen molar-refractivity contribution >= 4 is 44.9 Å². The highest BCUT2D eigenvalue weighted by molar-refractivity contribution is 8.00. The molecule has 2 aromatic heterocycles. The van der Waals surface area contributed by atoms with Crippen LogP contribution < -0.4 is 10.9 Å². The molecule has 0 saturated carbocycles. The Morgan fingerprint density at radius 2 is 1.90 bits per heavy atom. The van der Waals surface area contributed by atoms with Crippen LogP contribution in [0, 0.1) is 11.6 Å². The number of nitrogens with one attached hydrogen (secondary N) is 1. The molecule has 1 amide bonds. The minimum Gasteiger partial charge on any atom is -0.323 e. The zero-order valence-corrected chi connectivity index (χ0v) is 18.2. The van der Waals surface area contributed by atoms with Crippen molar-refractivity contribution in [1.82, 2.24) is 9.55 Å². The number of hydrogen-bond donors (Lipinski definition) is 1. The average Bonchev–Trinajstić information content (AvgIpc) is 3.19. The normalized spacial score (nSPS) is 12.1. The van der Waals surface area contributed by atoms with Crippen molar-refractivity contribution in [3.05, 3.63) is 76.6 Å². The summed E-state index contributed by atoms with van der Waals surface area (Å²) in [6.45, 7) is 1.61. The van der Waals surface area contributed by atoms with Crippen LogP contribution in [0.2, 0.25) is 0 Å². The van der Waals surface area contributed by atoms with Crippen LogP contribution in [0.15, 0.2) is 64.5 Å². The molecule has 0 bridgehead atoms. The summed E-state index contributed by atoms with van der Waals surface area (Å²) in [5.41, 5.74) is 0.543. The molecular weight excluding hydrogens is 440 g/mol. The largest absolute Gasteiger partial charge is 0.323 e. The molecule has 0 saturated heterocycles. The van der Waals surface area contributed by atoms with Crippen LogP contribution in [0.25, 0.3) is 20.7 Å². The van der Waals surface area contributed by atoms with Gasteiger partial charge in [-0.15, -0.1) is 11.3 Å². The molecular formula is C22H17F2N3O2S2. The molecule has 31 heavy (non-hydrogen) atoms. The number of amides is 1. The molecule has 1 N–H and O–H groups in total. The quantitative estimate of drug-likeness (QED) is 0.336. The van der Waals surface area contributed by atoms with Crippen molar-refractivity contribution in [3.63, 3.8) is 0 Å². The smallest absolute Gasteiger partial charge is 0.262 e. The topological polar surface area (TPSA) is 64.0 Å². The van der Waals surface area contributed by atoms with Gasteiger partial charge in [0, 0.05) is 18.0 Å². The number of thioether (sulfide) groups is 1. The van der Waals surface area contributed by atoms with Crippen molar-refractivity contribution < 1.29 is 13.6 Å². The van der Waals surface area contributed by atoms with E-state index in [1.54, 1.807) is 14.0 Å². The molecule has 0 aliphatic carbocycles. The third kappa shape index (κ3) is 4.38. The van der Waals surface area contributed by atoms with Gasteiger partial charge in [-0.2, -0.15) is 0 Å². The number of anilines is 1. The third-order valence-corrected chi connectivity index (χ3v) is 6.85. The minimum atomic E-state index is -0.731. The molecule has 0 spiro atoms. The molecule has 9 heteroatoms. The molecule has 4 rings (SSSR count). The minimum absolute atomic E-state index is 0.213. The van der Waals surface area contributed by atoms with Gasteiger partial charge in [0.2, 0.25) is 5.91 Å². The molecule has 0 aliphatic heterocycles. The Morgan fingerprint density at radius 3 is 2.65 bits per heavy atom. The summed E-state index contributed by atoms with van der Waals surface area (Å²) >= 11 is 2.47. The van der Waals surface area contributed by atoms with Crippen molar-refractivity contribution in [1.29, 1.82) is 0 Å². The van der Waals surface area contributed by atoms with Gasteiger partial charge in [-0.25, -0.2) is 13.8 Å². The van der Waals surface area contributed by atoms with E-state index in [1.807, 2.05) is 36.4 Å². The van der Waals surface area contributed by atoms with Gasteiger partial charge in [0.05, 0.1) is 16.3 Å². The number of rotatable bonds is 5. The molecule has 0 radical (unpaired) electrons. The van der Waals surface area contributed by atoms with Gasteiger partial charge in [0.1, 0.15) is 16.5 Å². The number of aromatic nitrogens is 2. The second-order valence-electron chi connectivity index (χ2n) is 6.83. The van der Waals surface area contributed by atoms with E-state index < -0.39 is 22.8 Å². The van der Waals surface area contributed by atoms with Crippen LogP contribution in [-0.4, -0.2) is 20.7 Å². The second kappa shape index (κ2) is 8.60. The summed E-state index contributed by atoms with van der Waals surface area (Å²) in [7, 11) is 1.59. The van der Waals surface area contributed by atoms with Gasteiger partial charge in [-0.05, 0) is 30.7 Å². The Balaban J connectivity index is 1.60. The summed E-state index contributed by atoms with van der Waals surface area (Å²) in [6.07, 6.45) is 0. The van der Waals surface area contributed by atoms with Crippen molar-refractivity contribution in [3.8, 4) is 10.4 Å². The lowest BCUT2D eigenvalue weighted by Crippen LogP contribution is -2.25. The Hall–Kier alpha value is -3.04. The molecule has 2 heterocycles. The standard InChI is InChI=1S/C22H17F2N3O2S2/c1-12(19(28)25-17-10-14(23)8-9-16(17)24)30-22-26-20-15(21(29)27(22)2)11-18(31-20)13-6-4-3-5-7-13/h3-12H,1-2H3,(H,25,28). The third-order valence-electron chi connectivity index (χ3n) is 4.63. The number of thiophene rings is 1. The maximum Gasteiger partial charge on any atom is 0.262 e. The Morgan fingerprint density at radius 1 is 1.16 bits per heavy atom. The summed E-state index contributed by atoms with van der Waals surface area (Å²) < 4.78 is 28.5. The predicted octanol–water partition coefficient (Wildman–Crippen LogP) is 5.06. The number of nitrogens with zero attached hydrogens (tertiary/aromatic N) is 2. The van der Waals surface area contributed by atoms with Gasteiger partial charge in [0.25, 0.3) is 5.56 Å². The first kappa shape index (κ1) is 21.2. The number of carbonyl (C=O) groups excluding carboxylic acids is 1. The lowest BCUT2D eigenvalue weighted by Gasteiger charge is -2.14. The summed E-state index contributed by atoms with van der Waals surface area (Å²) in [6, 6.07) is 14.4. The van der Waals surface area contributed by atoms with Crippen LogP contribution >= 0.6 is 23.1 Å². The number of halogens is 2. The van der Waals surface area contributed by atoms with E-state index in [0.717, 1.165) is 40.4 Å². The van der Waals surface area contributed by atoms with E-state index in [1.165, 1.54) is 15.9 Å². The lowest BCUT2D eigenvalue weighted by atomic mass is 10.2. The lowest BCUT2D eigenvalue weighted by molar-refractivity contribution is -0.115. The Labute approximate surface area is 184 Å². The number of hydrogen-bond acceptors (Lipinski definition) is 5. The molecule has 0 aliphatic rings. The zero-order valence-electron chi connectivity index (χ0n) is 16.6. The predicted molar refractivity (Wildman–Crippen MR) is 121 cm³/mol. The first-order chi connectivity index (χ1) is 14.8. The van der Waals surface area contributed by atoms with Crippen molar-refractivity contribution in [2.45, 2.75) is 17.3 Å². The molecule has 0 fully saturated rings. The maximum atomic E-state index is 13.8. The SMILES string of the molecule is CC(Sc1nc2sc(-c3ccccc3)cc2c(=O)n1C)C(=O)Nc1cc(F)ccc1F. The molecule has 4 aromatic rings. The Kier molecular flexibility index (Phi) is 5.88. The van der Waals surface area contributed by atoms with E-state index in [0.29, 0.717) is 15.4 Å². The highest BCUT2D eigenvalue weighted by atomic mass is 32.2. The zero-order chi connectivity index (χ0) is 22.1. The van der Waals surface area contributed by atoms with E-state index in [-0.39, 0.29) is 11.2 Å². The molecule has 158 valence electrons. The van der Waals surface area contributed by atoms with Gasteiger partial charge in [0.15, 0.2) is 5.16 Å². The second-order valence-corrected chi connectivity index (χ2v) is 9.17. The number of fused-ring (bicyclic) bond motifs is 1.